The molecule has 0 spiro atoms. The molecule has 1 aromatic rings. The fourth-order valence-corrected chi connectivity index (χ4v) is 3.59. The van der Waals surface area contributed by atoms with Crippen LogP contribution in [0.15, 0.2) is 0 Å². The van der Waals surface area contributed by atoms with Gasteiger partial charge < -0.3 is 10.0 Å². The lowest BCUT2D eigenvalue weighted by Gasteiger charge is -2.14. The Bertz CT molecular complexity index is 391. The number of aliphatic hydroxyl groups excluding tert-OH is 1. The molecular formula is C14H24N2OS. The monoisotopic (exact) mass is 268 g/mol. The number of thiazole rings is 1. The summed E-state index contributed by atoms with van der Waals surface area (Å²) in [6.07, 6.45) is 3.61. The topological polar surface area (TPSA) is 36.4 Å². The van der Waals surface area contributed by atoms with Gasteiger partial charge in [0.1, 0.15) is 0 Å². The Kier molecular flexibility index (Phi) is 4.62. The summed E-state index contributed by atoms with van der Waals surface area (Å²) in [5.41, 5.74) is 1.11. The first kappa shape index (κ1) is 13.8. The third kappa shape index (κ3) is 2.69. The maximum absolute atomic E-state index is 9.47. The Morgan fingerprint density at radius 2 is 2.28 bits per heavy atom. The van der Waals surface area contributed by atoms with Crippen LogP contribution in [0.3, 0.4) is 0 Å². The van der Waals surface area contributed by atoms with E-state index in [0.717, 1.165) is 41.1 Å². The van der Waals surface area contributed by atoms with E-state index in [4.69, 9.17) is 4.98 Å². The van der Waals surface area contributed by atoms with Gasteiger partial charge in [0.2, 0.25) is 0 Å². The van der Waals surface area contributed by atoms with Crippen molar-refractivity contribution in [2.45, 2.75) is 52.6 Å². The molecule has 18 heavy (non-hydrogen) atoms. The third-order valence-corrected chi connectivity index (χ3v) is 5.19. The van der Waals surface area contributed by atoms with E-state index >= 15 is 0 Å². The van der Waals surface area contributed by atoms with E-state index in [-0.39, 0.29) is 6.61 Å². The number of rotatable bonds is 5. The van der Waals surface area contributed by atoms with Gasteiger partial charge in [-0.05, 0) is 24.7 Å². The number of aliphatic hydroxyl groups is 1. The van der Waals surface area contributed by atoms with E-state index in [0.29, 0.717) is 5.92 Å². The zero-order valence-electron chi connectivity index (χ0n) is 11.6. The second kappa shape index (κ2) is 6.02. The standard InChI is InChI=1S/C14H24N2OS/c1-4-10(3)13-12(9-17)18-14(15-13)16-7-6-11(5-2)8-16/h10-11,17H,4-9H2,1-3H3. The molecule has 2 atom stereocenters. The lowest BCUT2D eigenvalue weighted by Crippen LogP contribution is -2.19. The Morgan fingerprint density at radius 3 is 2.83 bits per heavy atom. The summed E-state index contributed by atoms with van der Waals surface area (Å²) in [7, 11) is 0. The molecule has 2 heterocycles. The Balaban J connectivity index is 2.17. The van der Waals surface area contributed by atoms with E-state index in [1.54, 1.807) is 11.3 Å². The van der Waals surface area contributed by atoms with Crippen molar-refractivity contribution in [2.24, 2.45) is 5.92 Å². The molecule has 0 amide bonds. The molecule has 4 heteroatoms. The average Bonchev–Trinajstić information content (AvgIpc) is 3.03. The summed E-state index contributed by atoms with van der Waals surface area (Å²) in [5.74, 6) is 1.26. The van der Waals surface area contributed by atoms with Gasteiger partial charge in [0.05, 0.1) is 17.2 Å². The molecule has 3 nitrogen and oxygen atoms in total. The molecule has 0 radical (unpaired) electrons. The molecule has 0 bridgehead atoms. The number of hydrogen-bond donors (Lipinski definition) is 1. The van der Waals surface area contributed by atoms with Crippen molar-refractivity contribution >= 4 is 16.5 Å². The molecule has 2 unspecified atom stereocenters. The van der Waals surface area contributed by atoms with Crippen molar-refractivity contribution in [3.8, 4) is 0 Å². The minimum absolute atomic E-state index is 0.127. The van der Waals surface area contributed by atoms with Crippen LogP contribution >= 0.6 is 11.3 Å². The molecule has 1 N–H and O–H groups in total. The molecule has 1 aliphatic rings. The molecule has 1 fully saturated rings. The zero-order valence-corrected chi connectivity index (χ0v) is 12.5. The van der Waals surface area contributed by atoms with Gasteiger partial charge in [-0.3, -0.25) is 0 Å². The molecule has 0 aliphatic carbocycles. The largest absolute Gasteiger partial charge is 0.391 e. The van der Waals surface area contributed by atoms with E-state index in [9.17, 15) is 5.11 Å². The van der Waals surface area contributed by atoms with Crippen LogP contribution in [-0.2, 0) is 6.61 Å². The zero-order chi connectivity index (χ0) is 13.1. The maximum atomic E-state index is 9.47. The molecule has 1 aromatic heterocycles. The first-order chi connectivity index (χ1) is 8.69. The second-order valence-electron chi connectivity index (χ2n) is 5.28. The van der Waals surface area contributed by atoms with Gasteiger partial charge in [0.25, 0.3) is 0 Å². The van der Waals surface area contributed by atoms with Gasteiger partial charge in [0, 0.05) is 13.1 Å². The number of nitrogens with zero attached hydrogens (tertiary/aromatic N) is 2. The lowest BCUT2D eigenvalue weighted by atomic mass is 10.0. The van der Waals surface area contributed by atoms with Crippen molar-refractivity contribution in [1.82, 2.24) is 4.98 Å². The molecule has 1 saturated heterocycles. The molecule has 2 rings (SSSR count). The van der Waals surface area contributed by atoms with Crippen LogP contribution in [0.5, 0.6) is 0 Å². The highest BCUT2D eigenvalue weighted by Crippen LogP contribution is 2.34. The normalized spacial score (nSPS) is 21.6. The smallest absolute Gasteiger partial charge is 0.185 e. The van der Waals surface area contributed by atoms with Crippen LogP contribution in [0, 0.1) is 5.92 Å². The van der Waals surface area contributed by atoms with E-state index in [2.05, 4.69) is 25.7 Å². The highest BCUT2D eigenvalue weighted by Gasteiger charge is 2.25. The summed E-state index contributed by atoms with van der Waals surface area (Å²) in [6.45, 7) is 9.01. The number of aromatic nitrogens is 1. The predicted octanol–water partition coefficient (Wildman–Crippen LogP) is 3.39. The first-order valence-electron chi connectivity index (χ1n) is 7.04. The maximum Gasteiger partial charge on any atom is 0.185 e. The number of anilines is 1. The van der Waals surface area contributed by atoms with Gasteiger partial charge in [-0.1, -0.05) is 38.5 Å². The third-order valence-electron chi connectivity index (χ3n) is 4.07. The lowest BCUT2D eigenvalue weighted by molar-refractivity contribution is 0.283. The highest BCUT2D eigenvalue weighted by molar-refractivity contribution is 7.15. The van der Waals surface area contributed by atoms with Crippen LogP contribution in [-0.4, -0.2) is 23.2 Å². The van der Waals surface area contributed by atoms with Crippen molar-refractivity contribution in [3.63, 3.8) is 0 Å². The van der Waals surface area contributed by atoms with Crippen molar-refractivity contribution in [3.05, 3.63) is 10.6 Å². The summed E-state index contributed by atoms with van der Waals surface area (Å²) in [5, 5.41) is 10.6. The Hall–Kier alpha value is -0.610. The van der Waals surface area contributed by atoms with Gasteiger partial charge in [-0.2, -0.15) is 0 Å². The fraction of sp³-hybridized carbons (Fsp3) is 0.786. The van der Waals surface area contributed by atoms with Gasteiger partial charge in [-0.15, -0.1) is 0 Å². The highest BCUT2D eigenvalue weighted by atomic mass is 32.1. The summed E-state index contributed by atoms with van der Waals surface area (Å²) in [4.78, 5) is 8.23. The number of hydrogen-bond acceptors (Lipinski definition) is 4. The predicted molar refractivity (Wildman–Crippen MR) is 77.4 cm³/mol. The minimum Gasteiger partial charge on any atom is -0.391 e. The van der Waals surface area contributed by atoms with Crippen molar-refractivity contribution in [1.29, 1.82) is 0 Å². The Labute approximate surface area is 114 Å². The van der Waals surface area contributed by atoms with Gasteiger partial charge in [-0.25, -0.2) is 4.98 Å². The van der Waals surface area contributed by atoms with E-state index < -0.39 is 0 Å². The van der Waals surface area contributed by atoms with Crippen LogP contribution in [0.4, 0.5) is 5.13 Å². The van der Waals surface area contributed by atoms with E-state index in [1.165, 1.54) is 12.8 Å². The molecular weight excluding hydrogens is 244 g/mol. The van der Waals surface area contributed by atoms with Crippen LogP contribution < -0.4 is 4.90 Å². The molecule has 102 valence electrons. The quantitative estimate of drug-likeness (QED) is 0.889. The summed E-state index contributed by atoms with van der Waals surface area (Å²) < 4.78 is 0. The molecule has 0 aromatic carbocycles. The Morgan fingerprint density at radius 1 is 1.50 bits per heavy atom. The van der Waals surface area contributed by atoms with Crippen LogP contribution in [0.2, 0.25) is 0 Å². The van der Waals surface area contributed by atoms with Crippen LogP contribution in [0.25, 0.3) is 0 Å². The minimum atomic E-state index is 0.127. The first-order valence-corrected chi connectivity index (χ1v) is 7.86. The summed E-state index contributed by atoms with van der Waals surface area (Å²) in [6, 6.07) is 0. The molecule has 0 saturated carbocycles. The molecule has 1 aliphatic heterocycles. The van der Waals surface area contributed by atoms with Crippen LogP contribution in [0.1, 0.15) is 56.5 Å². The van der Waals surface area contributed by atoms with Crippen molar-refractivity contribution in [2.75, 3.05) is 18.0 Å². The van der Waals surface area contributed by atoms with Gasteiger partial charge in [0.15, 0.2) is 5.13 Å². The van der Waals surface area contributed by atoms with E-state index in [1.807, 2.05) is 0 Å². The second-order valence-corrected chi connectivity index (χ2v) is 6.34. The van der Waals surface area contributed by atoms with Crippen molar-refractivity contribution < 1.29 is 5.11 Å². The SMILES string of the molecule is CCC1CCN(c2nc(C(C)CC)c(CO)s2)C1. The van der Waals surface area contributed by atoms with Gasteiger partial charge >= 0.3 is 0 Å². The fourth-order valence-electron chi connectivity index (χ4n) is 2.52. The average molecular weight is 268 g/mol. The summed E-state index contributed by atoms with van der Waals surface area (Å²) >= 11 is 1.68.